The van der Waals surface area contributed by atoms with Gasteiger partial charge in [0.2, 0.25) is 0 Å². The van der Waals surface area contributed by atoms with Gasteiger partial charge in [-0.3, -0.25) is 0 Å². The van der Waals surface area contributed by atoms with Crippen LogP contribution in [0.5, 0.6) is 0 Å². The first-order valence-corrected chi connectivity index (χ1v) is 8.11. The molecule has 0 amide bonds. The van der Waals surface area contributed by atoms with E-state index >= 15 is 0 Å². The van der Waals surface area contributed by atoms with Crippen molar-refractivity contribution in [1.82, 2.24) is 9.97 Å². The second-order valence-electron chi connectivity index (χ2n) is 5.11. The third kappa shape index (κ3) is 2.03. The number of benzene rings is 1. The zero-order chi connectivity index (χ0) is 12.8. The zero-order valence-corrected chi connectivity index (χ0v) is 11.1. The van der Waals surface area contributed by atoms with E-state index in [-0.39, 0.29) is 0 Å². The molecule has 1 saturated carbocycles. The molecule has 2 aromatic rings. The molecule has 1 heterocycles. The summed E-state index contributed by atoms with van der Waals surface area (Å²) in [5, 5.41) is 0. The molecule has 1 aromatic heterocycles. The molecular weight excluding hydrogens is 248 g/mol. The van der Waals surface area contributed by atoms with E-state index in [0.717, 1.165) is 17.8 Å². The van der Waals surface area contributed by atoms with Gasteiger partial charge < -0.3 is 4.98 Å². The molecule has 0 saturated heterocycles. The summed E-state index contributed by atoms with van der Waals surface area (Å²) < 4.78 is 23.4. The third-order valence-corrected chi connectivity index (χ3v) is 4.76. The summed E-state index contributed by atoms with van der Waals surface area (Å²) in [5.74, 6) is 1.62. The predicted molar refractivity (Wildman–Crippen MR) is 70.2 cm³/mol. The number of rotatable bonds is 3. The van der Waals surface area contributed by atoms with E-state index in [0.29, 0.717) is 16.3 Å². The van der Waals surface area contributed by atoms with Crippen LogP contribution in [0.15, 0.2) is 23.1 Å². The van der Waals surface area contributed by atoms with E-state index in [1.807, 2.05) is 6.07 Å². The summed E-state index contributed by atoms with van der Waals surface area (Å²) in [6.45, 7) is 0. The third-order valence-electron chi connectivity index (χ3n) is 3.63. The first-order valence-electron chi connectivity index (χ1n) is 6.22. The molecular formula is C13H16N2O2S. The maximum absolute atomic E-state index is 11.7. The minimum atomic E-state index is -3.22. The summed E-state index contributed by atoms with van der Waals surface area (Å²) in [7, 11) is -3.22. The minimum Gasteiger partial charge on any atom is -0.342 e. The Bertz CT molecular complexity index is 684. The standard InChI is InChI=1S/C13H16N2O2S/c1-18(16,17)11-7-3-6-10-13(11)15-12(14-10)8-9-4-2-5-9/h3,6-7,9H,2,4-5,8H2,1H3,(H,14,15). The number of fused-ring (bicyclic) bond motifs is 1. The molecule has 96 valence electrons. The summed E-state index contributed by atoms with van der Waals surface area (Å²) in [4.78, 5) is 8.01. The molecule has 0 aliphatic heterocycles. The average Bonchev–Trinajstić information content (AvgIpc) is 2.63. The van der Waals surface area contributed by atoms with Gasteiger partial charge in [0, 0.05) is 12.7 Å². The maximum atomic E-state index is 11.7. The van der Waals surface area contributed by atoms with Crippen molar-refractivity contribution in [3.8, 4) is 0 Å². The van der Waals surface area contributed by atoms with E-state index in [1.54, 1.807) is 12.1 Å². The topological polar surface area (TPSA) is 62.8 Å². The highest BCUT2D eigenvalue weighted by Gasteiger charge is 2.20. The number of hydrogen-bond acceptors (Lipinski definition) is 3. The monoisotopic (exact) mass is 264 g/mol. The van der Waals surface area contributed by atoms with Crippen molar-refractivity contribution in [2.75, 3.05) is 6.26 Å². The Morgan fingerprint density at radius 3 is 2.78 bits per heavy atom. The lowest BCUT2D eigenvalue weighted by Gasteiger charge is -2.23. The Labute approximate surface area is 106 Å². The fourth-order valence-electron chi connectivity index (χ4n) is 2.42. The van der Waals surface area contributed by atoms with E-state index in [2.05, 4.69) is 9.97 Å². The van der Waals surface area contributed by atoms with Gasteiger partial charge in [0.05, 0.1) is 10.4 Å². The number of nitrogens with zero attached hydrogens (tertiary/aromatic N) is 1. The molecule has 18 heavy (non-hydrogen) atoms. The van der Waals surface area contributed by atoms with Crippen LogP contribution < -0.4 is 0 Å². The van der Waals surface area contributed by atoms with Crippen LogP contribution in [-0.2, 0) is 16.3 Å². The van der Waals surface area contributed by atoms with E-state index in [1.165, 1.54) is 25.5 Å². The number of aromatic amines is 1. The van der Waals surface area contributed by atoms with Gasteiger partial charge in [-0.2, -0.15) is 0 Å². The van der Waals surface area contributed by atoms with Crippen LogP contribution in [0.4, 0.5) is 0 Å². The van der Waals surface area contributed by atoms with E-state index in [4.69, 9.17) is 0 Å². The lowest BCUT2D eigenvalue weighted by molar-refractivity contribution is 0.310. The molecule has 4 nitrogen and oxygen atoms in total. The van der Waals surface area contributed by atoms with Gasteiger partial charge in [0.1, 0.15) is 11.3 Å². The highest BCUT2D eigenvalue weighted by molar-refractivity contribution is 7.91. The first-order chi connectivity index (χ1) is 8.54. The van der Waals surface area contributed by atoms with Gasteiger partial charge in [0.15, 0.2) is 9.84 Å². The molecule has 1 aliphatic carbocycles. The molecule has 0 spiro atoms. The Morgan fingerprint density at radius 2 is 2.17 bits per heavy atom. The van der Waals surface area contributed by atoms with E-state index < -0.39 is 9.84 Å². The number of para-hydroxylation sites is 1. The van der Waals surface area contributed by atoms with Crippen molar-refractivity contribution < 1.29 is 8.42 Å². The number of sulfone groups is 1. The number of imidazole rings is 1. The first kappa shape index (κ1) is 11.7. The highest BCUT2D eigenvalue weighted by Crippen LogP contribution is 2.30. The van der Waals surface area contributed by atoms with Crippen molar-refractivity contribution in [3.63, 3.8) is 0 Å². The Morgan fingerprint density at radius 1 is 1.39 bits per heavy atom. The van der Waals surface area contributed by atoms with E-state index in [9.17, 15) is 8.42 Å². The summed E-state index contributed by atoms with van der Waals surface area (Å²) in [5.41, 5.74) is 1.39. The molecule has 0 radical (unpaired) electrons. The second-order valence-corrected chi connectivity index (χ2v) is 7.09. The fourth-order valence-corrected chi connectivity index (χ4v) is 3.26. The second kappa shape index (κ2) is 4.09. The Balaban J connectivity index is 2.05. The number of H-pyrrole nitrogens is 1. The maximum Gasteiger partial charge on any atom is 0.177 e. The molecule has 0 atom stereocenters. The van der Waals surface area contributed by atoms with Crippen molar-refractivity contribution in [2.24, 2.45) is 5.92 Å². The Kier molecular flexibility index (Phi) is 2.66. The minimum absolute atomic E-state index is 0.316. The summed E-state index contributed by atoms with van der Waals surface area (Å²) in [6, 6.07) is 5.25. The van der Waals surface area contributed by atoms with Gasteiger partial charge >= 0.3 is 0 Å². The molecule has 0 bridgehead atoms. The van der Waals surface area contributed by atoms with Crippen LogP contribution in [0, 0.1) is 5.92 Å². The number of hydrogen-bond donors (Lipinski definition) is 1. The zero-order valence-electron chi connectivity index (χ0n) is 10.3. The van der Waals surface area contributed by atoms with Crippen molar-refractivity contribution in [3.05, 3.63) is 24.0 Å². The normalized spacial score (nSPS) is 16.9. The molecule has 1 fully saturated rings. The van der Waals surface area contributed by atoms with Crippen LogP contribution >= 0.6 is 0 Å². The molecule has 3 rings (SSSR count). The lowest BCUT2D eigenvalue weighted by Crippen LogP contribution is -2.14. The number of nitrogens with one attached hydrogen (secondary N) is 1. The van der Waals surface area contributed by atoms with Crippen molar-refractivity contribution >= 4 is 20.9 Å². The molecule has 1 aliphatic rings. The molecule has 1 N–H and O–H groups in total. The molecule has 1 aromatic carbocycles. The fraction of sp³-hybridized carbons (Fsp3) is 0.462. The number of aromatic nitrogens is 2. The van der Waals surface area contributed by atoms with Crippen LogP contribution in [0.2, 0.25) is 0 Å². The van der Waals surface area contributed by atoms with Gasteiger partial charge in [0.25, 0.3) is 0 Å². The van der Waals surface area contributed by atoms with Crippen molar-refractivity contribution in [2.45, 2.75) is 30.6 Å². The summed E-state index contributed by atoms with van der Waals surface area (Å²) >= 11 is 0. The van der Waals surface area contributed by atoms with Crippen LogP contribution in [0.25, 0.3) is 11.0 Å². The predicted octanol–water partition coefficient (Wildman–Crippen LogP) is 2.31. The van der Waals surface area contributed by atoms with Crippen LogP contribution in [-0.4, -0.2) is 24.6 Å². The van der Waals surface area contributed by atoms with Gasteiger partial charge in [-0.15, -0.1) is 0 Å². The molecule has 0 unspecified atom stereocenters. The van der Waals surface area contributed by atoms with Gasteiger partial charge in [-0.1, -0.05) is 25.3 Å². The Hall–Kier alpha value is -1.36. The lowest BCUT2D eigenvalue weighted by atomic mass is 9.83. The average molecular weight is 264 g/mol. The summed E-state index contributed by atoms with van der Waals surface area (Å²) in [6.07, 6.45) is 5.98. The van der Waals surface area contributed by atoms with Gasteiger partial charge in [-0.25, -0.2) is 13.4 Å². The highest BCUT2D eigenvalue weighted by atomic mass is 32.2. The SMILES string of the molecule is CS(=O)(=O)c1cccc2[nH]c(CC3CCC3)nc12. The quantitative estimate of drug-likeness (QED) is 0.925. The smallest absolute Gasteiger partial charge is 0.177 e. The van der Waals surface area contributed by atoms with Crippen molar-refractivity contribution in [1.29, 1.82) is 0 Å². The van der Waals surface area contributed by atoms with Crippen LogP contribution in [0.3, 0.4) is 0 Å². The largest absolute Gasteiger partial charge is 0.342 e. The van der Waals surface area contributed by atoms with Gasteiger partial charge in [-0.05, 0) is 18.1 Å². The van der Waals surface area contributed by atoms with Crippen LogP contribution in [0.1, 0.15) is 25.1 Å². The molecule has 5 heteroatoms.